The van der Waals surface area contributed by atoms with Gasteiger partial charge in [0.15, 0.2) is 0 Å². The van der Waals surface area contributed by atoms with Gasteiger partial charge in [0.1, 0.15) is 0 Å². The molecule has 0 spiro atoms. The van der Waals surface area contributed by atoms with Crippen LogP contribution in [0.1, 0.15) is 40.0 Å². The van der Waals surface area contributed by atoms with E-state index in [0.717, 1.165) is 24.4 Å². The maximum atomic E-state index is 3.61. The van der Waals surface area contributed by atoms with Gasteiger partial charge in [-0.05, 0) is 38.0 Å². The molecule has 0 aliphatic heterocycles. The van der Waals surface area contributed by atoms with E-state index < -0.39 is 0 Å². The number of hydrogen-bond acceptors (Lipinski definition) is 1. The molecule has 1 fully saturated rings. The minimum Gasteiger partial charge on any atom is -0.310 e. The Bertz CT molecular complexity index is 163. The molecule has 1 saturated carbocycles. The third-order valence-corrected chi connectivity index (χ3v) is 3.17. The van der Waals surface area contributed by atoms with Crippen LogP contribution in [0.3, 0.4) is 0 Å². The van der Waals surface area contributed by atoms with Gasteiger partial charge in [0.2, 0.25) is 0 Å². The molecule has 0 saturated heterocycles. The Balaban J connectivity index is 2.25. The van der Waals surface area contributed by atoms with Crippen LogP contribution in [0.15, 0.2) is 12.2 Å². The highest BCUT2D eigenvalue weighted by Gasteiger charge is 2.24. The normalized spacial score (nSPS) is 35.5. The molecule has 0 aromatic heterocycles. The number of rotatable bonds is 3. The largest absolute Gasteiger partial charge is 0.310 e. The van der Waals surface area contributed by atoms with E-state index in [1.165, 1.54) is 19.3 Å². The van der Waals surface area contributed by atoms with Crippen LogP contribution < -0.4 is 5.32 Å². The predicted octanol–water partition coefficient (Wildman–Crippen LogP) is 2.98. The maximum Gasteiger partial charge on any atom is 0.0137 e. The van der Waals surface area contributed by atoms with Gasteiger partial charge >= 0.3 is 0 Å². The van der Waals surface area contributed by atoms with Gasteiger partial charge in [0.05, 0.1) is 0 Å². The van der Waals surface area contributed by atoms with Gasteiger partial charge in [0.25, 0.3) is 0 Å². The second kappa shape index (κ2) is 5.43. The van der Waals surface area contributed by atoms with E-state index in [0.29, 0.717) is 0 Å². The third kappa shape index (κ3) is 3.51. The lowest BCUT2D eigenvalue weighted by Gasteiger charge is -2.33. The van der Waals surface area contributed by atoms with Crippen molar-refractivity contribution in [1.29, 1.82) is 0 Å². The van der Waals surface area contributed by atoms with E-state index in [2.05, 4.69) is 38.2 Å². The predicted molar refractivity (Wildman–Crippen MR) is 58.8 cm³/mol. The highest BCUT2D eigenvalue weighted by Crippen LogP contribution is 2.28. The zero-order valence-corrected chi connectivity index (χ0v) is 9.22. The van der Waals surface area contributed by atoms with Crippen molar-refractivity contribution in [2.24, 2.45) is 11.8 Å². The van der Waals surface area contributed by atoms with Gasteiger partial charge in [-0.15, -0.1) is 0 Å². The summed E-state index contributed by atoms with van der Waals surface area (Å²) < 4.78 is 0. The first kappa shape index (κ1) is 10.8. The van der Waals surface area contributed by atoms with E-state index in [1.807, 2.05) is 0 Å². The molecule has 3 unspecified atom stereocenters. The molecule has 0 heterocycles. The fourth-order valence-electron chi connectivity index (χ4n) is 2.31. The van der Waals surface area contributed by atoms with Crippen molar-refractivity contribution in [3.8, 4) is 0 Å². The Hall–Kier alpha value is -0.300. The van der Waals surface area contributed by atoms with Gasteiger partial charge in [-0.3, -0.25) is 0 Å². The van der Waals surface area contributed by atoms with Crippen LogP contribution in [0.25, 0.3) is 0 Å². The lowest BCUT2D eigenvalue weighted by Crippen LogP contribution is -2.39. The summed E-state index contributed by atoms with van der Waals surface area (Å²) in [6, 6.07) is 0.757. The lowest BCUT2D eigenvalue weighted by molar-refractivity contribution is 0.233. The minimum absolute atomic E-state index is 0.757. The molecule has 76 valence electrons. The molecule has 1 rings (SSSR count). The fourth-order valence-corrected chi connectivity index (χ4v) is 2.31. The van der Waals surface area contributed by atoms with Crippen LogP contribution in [0.5, 0.6) is 0 Å². The van der Waals surface area contributed by atoms with Gasteiger partial charge in [-0.1, -0.05) is 26.0 Å². The quantitative estimate of drug-likeness (QED) is 0.660. The van der Waals surface area contributed by atoms with Gasteiger partial charge in [-0.25, -0.2) is 0 Å². The first-order chi connectivity index (χ1) is 6.24. The summed E-state index contributed by atoms with van der Waals surface area (Å²) in [6.45, 7) is 7.87. The van der Waals surface area contributed by atoms with E-state index in [1.54, 1.807) is 0 Å². The van der Waals surface area contributed by atoms with Crippen LogP contribution in [-0.4, -0.2) is 12.6 Å². The summed E-state index contributed by atoms with van der Waals surface area (Å²) >= 11 is 0. The number of hydrogen-bond donors (Lipinski definition) is 1. The van der Waals surface area contributed by atoms with Crippen molar-refractivity contribution in [3.05, 3.63) is 12.2 Å². The molecular formula is C12H23N. The summed E-state index contributed by atoms with van der Waals surface area (Å²) in [5.41, 5.74) is 0. The second-order valence-corrected chi connectivity index (χ2v) is 4.48. The zero-order chi connectivity index (χ0) is 9.68. The van der Waals surface area contributed by atoms with Crippen molar-refractivity contribution >= 4 is 0 Å². The maximum absolute atomic E-state index is 3.61. The highest BCUT2D eigenvalue weighted by molar-refractivity contribution is 4.86. The molecule has 1 aliphatic carbocycles. The summed E-state index contributed by atoms with van der Waals surface area (Å²) in [5.74, 6) is 1.80. The van der Waals surface area contributed by atoms with Crippen LogP contribution in [0, 0.1) is 11.8 Å². The van der Waals surface area contributed by atoms with Crippen LogP contribution in [-0.2, 0) is 0 Å². The number of allylic oxidation sites excluding steroid dienone is 1. The van der Waals surface area contributed by atoms with E-state index in [4.69, 9.17) is 0 Å². The molecule has 0 amide bonds. The SMILES string of the molecule is C/C=C/CNC1CCC(C)CC1C. The minimum atomic E-state index is 0.757. The Morgan fingerprint density at radius 3 is 2.69 bits per heavy atom. The zero-order valence-electron chi connectivity index (χ0n) is 9.22. The highest BCUT2D eigenvalue weighted by atomic mass is 14.9. The first-order valence-corrected chi connectivity index (χ1v) is 5.58. The molecule has 1 aliphatic rings. The molecule has 13 heavy (non-hydrogen) atoms. The molecule has 0 radical (unpaired) electrons. The molecular weight excluding hydrogens is 158 g/mol. The first-order valence-electron chi connectivity index (χ1n) is 5.58. The van der Waals surface area contributed by atoms with Crippen molar-refractivity contribution in [2.45, 2.75) is 46.1 Å². The molecule has 0 aromatic rings. The Kier molecular flexibility index (Phi) is 4.51. The van der Waals surface area contributed by atoms with Crippen LogP contribution in [0.4, 0.5) is 0 Å². The lowest BCUT2D eigenvalue weighted by atomic mass is 9.80. The molecule has 0 bridgehead atoms. The molecule has 1 N–H and O–H groups in total. The van der Waals surface area contributed by atoms with Crippen molar-refractivity contribution in [2.75, 3.05) is 6.54 Å². The van der Waals surface area contributed by atoms with Crippen LogP contribution in [0.2, 0.25) is 0 Å². The molecule has 1 heteroatoms. The van der Waals surface area contributed by atoms with Gasteiger partial charge in [0, 0.05) is 12.6 Å². The summed E-state index contributed by atoms with van der Waals surface area (Å²) in [7, 11) is 0. The van der Waals surface area contributed by atoms with Gasteiger partial charge < -0.3 is 5.32 Å². The molecule has 0 aromatic carbocycles. The molecule has 1 nitrogen and oxygen atoms in total. The topological polar surface area (TPSA) is 12.0 Å². The Morgan fingerprint density at radius 2 is 2.08 bits per heavy atom. The average molecular weight is 181 g/mol. The van der Waals surface area contributed by atoms with Crippen molar-refractivity contribution in [3.63, 3.8) is 0 Å². The van der Waals surface area contributed by atoms with Gasteiger partial charge in [-0.2, -0.15) is 0 Å². The third-order valence-electron chi connectivity index (χ3n) is 3.17. The summed E-state index contributed by atoms with van der Waals surface area (Å²) in [5, 5.41) is 3.61. The Morgan fingerprint density at radius 1 is 1.31 bits per heavy atom. The van der Waals surface area contributed by atoms with E-state index in [-0.39, 0.29) is 0 Å². The number of nitrogens with one attached hydrogen (secondary N) is 1. The summed E-state index contributed by atoms with van der Waals surface area (Å²) in [6.07, 6.45) is 8.47. The smallest absolute Gasteiger partial charge is 0.0137 e. The van der Waals surface area contributed by atoms with E-state index >= 15 is 0 Å². The second-order valence-electron chi connectivity index (χ2n) is 4.48. The fraction of sp³-hybridized carbons (Fsp3) is 0.833. The Labute approximate surface area is 82.6 Å². The standard InChI is InChI=1S/C12H23N/c1-4-5-8-13-12-7-6-10(2)9-11(12)3/h4-5,10-13H,6-9H2,1-3H3/b5-4+. The van der Waals surface area contributed by atoms with Crippen molar-refractivity contribution < 1.29 is 0 Å². The monoisotopic (exact) mass is 181 g/mol. The van der Waals surface area contributed by atoms with Crippen molar-refractivity contribution in [1.82, 2.24) is 5.32 Å². The molecule has 3 atom stereocenters. The summed E-state index contributed by atoms with van der Waals surface area (Å²) in [4.78, 5) is 0. The van der Waals surface area contributed by atoms with Crippen LogP contribution >= 0.6 is 0 Å². The van der Waals surface area contributed by atoms with E-state index in [9.17, 15) is 0 Å². The average Bonchev–Trinajstić information content (AvgIpc) is 2.09.